The van der Waals surface area contributed by atoms with Crippen molar-refractivity contribution in [1.82, 2.24) is 4.90 Å². The second kappa shape index (κ2) is 6.67. The van der Waals surface area contributed by atoms with E-state index in [-0.39, 0.29) is 0 Å². The predicted molar refractivity (Wildman–Crippen MR) is 64.2 cm³/mol. The van der Waals surface area contributed by atoms with Gasteiger partial charge in [0, 0.05) is 13.0 Å². The molecule has 0 aliphatic carbocycles. The molecule has 0 aliphatic heterocycles. The van der Waals surface area contributed by atoms with Crippen molar-refractivity contribution >= 4 is 5.84 Å². The lowest BCUT2D eigenvalue weighted by atomic mass is 9.96. The Morgan fingerprint density at radius 3 is 2.40 bits per heavy atom. The summed E-state index contributed by atoms with van der Waals surface area (Å²) in [6.45, 7) is 8.87. The molecule has 0 bridgehead atoms. The molecule has 3 N–H and O–H groups in total. The molecule has 0 radical (unpaired) electrons. The maximum atomic E-state index is 8.35. The first kappa shape index (κ1) is 14.2. The first-order chi connectivity index (χ1) is 6.85. The third-order valence-electron chi connectivity index (χ3n) is 2.10. The summed E-state index contributed by atoms with van der Waals surface area (Å²) in [7, 11) is 2.13. The molecular formula is C11H25N3O. The number of rotatable bonds is 6. The fraction of sp³-hybridized carbons (Fsp3) is 0.909. The van der Waals surface area contributed by atoms with Crippen molar-refractivity contribution < 1.29 is 5.21 Å². The molecule has 0 amide bonds. The van der Waals surface area contributed by atoms with E-state index in [0.717, 1.165) is 25.9 Å². The molecule has 0 heterocycles. The molecule has 4 nitrogen and oxygen atoms in total. The van der Waals surface area contributed by atoms with Gasteiger partial charge in [0.2, 0.25) is 0 Å². The van der Waals surface area contributed by atoms with Crippen molar-refractivity contribution in [3.8, 4) is 0 Å². The van der Waals surface area contributed by atoms with Crippen LogP contribution in [0.4, 0.5) is 0 Å². The molecule has 0 saturated carbocycles. The van der Waals surface area contributed by atoms with Gasteiger partial charge in [-0.2, -0.15) is 0 Å². The zero-order valence-corrected chi connectivity index (χ0v) is 10.5. The lowest BCUT2D eigenvalue weighted by Gasteiger charge is -2.26. The number of amidine groups is 1. The van der Waals surface area contributed by atoms with Gasteiger partial charge in [-0.1, -0.05) is 25.9 Å². The van der Waals surface area contributed by atoms with E-state index < -0.39 is 0 Å². The standard InChI is InChI=1S/C11H25N3O/c1-11(2,3)9-14(4)8-6-5-7-10(12)13-15/h15H,5-9H2,1-4H3,(H2,12,13). The van der Waals surface area contributed by atoms with Crippen molar-refractivity contribution in [1.29, 1.82) is 0 Å². The van der Waals surface area contributed by atoms with Crippen LogP contribution < -0.4 is 5.73 Å². The fourth-order valence-corrected chi connectivity index (χ4v) is 1.63. The van der Waals surface area contributed by atoms with Crippen LogP contribution in [0.2, 0.25) is 0 Å². The summed E-state index contributed by atoms with van der Waals surface area (Å²) in [6.07, 6.45) is 2.74. The normalized spacial score (nSPS) is 13.5. The third-order valence-corrected chi connectivity index (χ3v) is 2.10. The molecule has 0 atom stereocenters. The summed E-state index contributed by atoms with van der Waals surface area (Å²) in [6, 6.07) is 0. The highest BCUT2D eigenvalue weighted by atomic mass is 16.4. The van der Waals surface area contributed by atoms with Crippen LogP contribution in [-0.4, -0.2) is 36.1 Å². The Morgan fingerprint density at radius 1 is 1.33 bits per heavy atom. The van der Waals surface area contributed by atoms with Gasteiger partial charge < -0.3 is 15.8 Å². The Kier molecular flexibility index (Phi) is 6.32. The predicted octanol–water partition coefficient (Wildman–Crippen LogP) is 1.88. The Balaban J connectivity index is 3.52. The van der Waals surface area contributed by atoms with Gasteiger partial charge in [0.05, 0.1) is 0 Å². The van der Waals surface area contributed by atoms with Gasteiger partial charge in [0.15, 0.2) is 0 Å². The van der Waals surface area contributed by atoms with Gasteiger partial charge in [-0.05, 0) is 31.8 Å². The Bertz CT molecular complexity index is 196. The molecule has 0 aromatic rings. The first-order valence-electron chi connectivity index (χ1n) is 5.50. The van der Waals surface area contributed by atoms with E-state index in [9.17, 15) is 0 Å². The summed E-state index contributed by atoms with van der Waals surface area (Å²) in [5, 5.41) is 11.3. The molecule has 0 saturated heterocycles. The molecule has 0 aromatic heterocycles. The van der Waals surface area contributed by atoms with Gasteiger partial charge in [0.1, 0.15) is 5.84 Å². The Labute approximate surface area is 93.1 Å². The van der Waals surface area contributed by atoms with E-state index >= 15 is 0 Å². The first-order valence-corrected chi connectivity index (χ1v) is 5.50. The number of hydrogen-bond donors (Lipinski definition) is 2. The molecule has 4 heteroatoms. The summed E-state index contributed by atoms with van der Waals surface area (Å²) in [5.74, 6) is 0.327. The van der Waals surface area contributed by atoms with Crippen molar-refractivity contribution in [2.75, 3.05) is 20.1 Å². The van der Waals surface area contributed by atoms with Crippen LogP contribution in [0.15, 0.2) is 5.16 Å². The highest BCUT2D eigenvalue weighted by molar-refractivity contribution is 5.79. The molecular weight excluding hydrogens is 190 g/mol. The van der Waals surface area contributed by atoms with E-state index in [0.29, 0.717) is 17.7 Å². The van der Waals surface area contributed by atoms with Crippen LogP contribution >= 0.6 is 0 Å². The van der Waals surface area contributed by atoms with Crippen LogP contribution in [0.3, 0.4) is 0 Å². The van der Waals surface area contributed by atoms with Crippen molar-refractivity contribution in [3.05, 3.63) is 0 Å². The molecule has 0 fully saturated rings. The smallest absolute Gasteiger partial charge is 0.139 e. The van der Waals surface area contributed by atoms with E-state index in [1.165, 1.54) is 0 Å². The van der Waals surface area contributed by atoms with Gasteiger partial charge in [0.25, 0.3) is 0 Å². The Hall–Kier alpha value is -0.770. The SMILES string of the molecule is CN(CCCCC(N)=NO)CC(C)(C)C. The zero-order valence-electron chi connectivity index (χ0n) is 10.5. The lowest BCUT2D eigenvalue weighted by Crippen LogP contribution is -2.30. The van der Waals surface area contributed by atoms with E-state index in [2.05, 4.69) is 37.9 Å². The molecule has 0 spiro atoms. The summed E-state index contributed by atoms with van der Waals surface area (Å²) >= 11 is 0. The molecule has 90 valence electrons. The second-order valence-electron chi connectivity index (χ2n) is 5.35. The van der Waals surface area contributed by atoms with Crippen LogP contribution in [-0.2, 0) is 0 Å². The van der Waals surface area contributed by atoms with E-state index in [4.69, 9.17) is 10.9 Å². The van der Waals surface area contributed by atoms with Gasteiger partial charge in [-0.25, -0.2) is 0 Å². The van der Waals surface area contributed by atoms with Crippen LogP contribution in [0.5, 0.6) is 0 Å². The van der Waals surface area contributed by atoms with Gasteiger partial charge in [-0.3, -0.25) is 0 Å². The highest BCUT2D eigenvalue weighted by Crippen LogP contribution is 2.14. The van der Waals surface area contributed by atoms with E-state index in [1.54, 1.807) is 0 Å². The third kappa shape index (κ3) is 9.53. The summed E-state index contributed by atoms with van der Waals surface area (Å²) in [4.78, 5) is 2.33. The monoisotopic (exact) mass is 215 g/mol. The minimum absolute atomic E-state index is 0.327. The van der Waals surface area contributed by atoms with Gasteiger partial charge >= 0.3 is 0 Å². The van der Waals surface area contributed by atoms with Crippen molar-refractivity contribution in [3.63, 3.8) is 0 Å². The lowest BCUT2D eigenvalue weighted by molar-refractivity contribution is 0.224. The van der Waals surface area contributed by atoms with Crippen molar-refractivity contribution in [2.45, 2.75) is 40.0 Å². The van der Waals surface area contributed by atoms with Gasteiger partial charge in [-0.15, -0.1) is 0 Å². The summed E-state index contributed by atoms with van der Waals surface area (Å²) in [5.41, 5.74) is 5.73. The maximum Gasteiger partial charge on any atom is 0.139 e. The average molecular weight is 215 g/mol. The molecule has 0 aliphatic rings. The highest BCUT2D eigenvalue weighted by Gasteiger charge is 2.12. The van der Waals surface area contributed by atoms with Crippen LogP contribution in [0.25, 0.3) is 0 Å². The zero-order chi connectivity index (χ0) is 11.9. The minimum atomic E-state index is 0.327. The van der Waals surface area contributed by atoms with Crippen LogP contribution in [0.1, 0.15) is 40.0 Å². The second-order valence-corrected chi connectivity index (χ2v) is 5.35. The largest absolute Gasteiger partial charge is 0.409 e. The molecule has 15 heavy (non-hydrogen) atoms. The fourth-order valence-electron chi connectivity index (χ4n) is 1.63. The average Bonchev–Trinajstić information content (AvgIpc) is 2.09. The summed E-state index contributed by atoms with van der Waals surface area (Å²) < 4.78 is 0. The van der Waals surface area contributed by atoms with Crippen molar-refractivity contribution in [2.24, 2.45) is 16.3 Å². The maximum absolute atomic E-state index is 8.35. The number of hydrogen-bond acceptors (Lipinski definition) is 3. The molecule has 0 rings (SSSR count). The Morgan fingerprint density at radius 2 is 1.93 bits per heavy atom. The number of nitrogens with two attached hydrogens (primary N) is 1. The minimum Gasteiger partial charge on any atom is -0.409 e. The molecule has 0 unspecified atom stereocenters. The molecule has 0 aromatic carbocycles. The quantitative estimate of drug-likeness (QED) is 0.234. The number of nitrogens with zero attached hydrogens (tertiary/aromatic N) is 2. The topological polar surface area (TPSA) is 61.8 Å². The van der Waals surface area contributed by atoms with Crippen LogP contribution in [0, 0.1) is 5.41 Å². The number of unbranched alkanes of at least 4 members (excludes halogenated alkanes) is 1. The van der Waals surface area contributed by atoms with E-state index in [1.807, 2.05) is 0 Å². The number of oxime groups is 1.